The second kappa shape index (κ2) is 8.71. The molecule has 3 rings (SSSR count). The maximum atomic E-state index is 12.5. The molecular formula is C19H26N6O. The summed E-state index contributed by atoms with van der Waals surface area (Å²) in [6, 6.07) is 7.70. The quantitative estimate of drug-likeness (QED) is 0.849. The van der Waals surface area contributed by atoms with Gasteiger partial charge in [-0.05, 0) is 31.5 Å². The number of piperazine rings is 1. The van der Waals surface area contributed by atoms with Crippen molar-refractivity contribution in [2.75, 3.05) is 37.6 Å². The molecule has 0 aliphatic carbocycles. The van der Waals surface area contributed by atoms with Crippen molar-refractivity contribution in [1.82, 2.24) is 25.2 Å². The molecule has 7 nitrogen and oxygen atoms in total. The molecular weight excluding hydrogens is 328 g/mol. The number of hydrogen-bond acceptors (Lipinski definition) is 6. The third kappa shape index (κ3) is 4.76. The predicted octanol–water partition coefficient (Wildman–Crippen LogP) is 1.57. The lowest BCUT2D eigenvalue weighted by atomic mass is 10.1. The fourth-order valence-electron chi connectivity index (χ4n) is 3.15. The smallest absolute Gasteiger partial charge is 0.234 e. The highest BCUT2D eigenvalue weighted by Crippen LogP contribution is 2.15. The number of carbonyl (C=O) groups is 1. The van der Waals surface area contributed by atoms with Crippen LogP contribution < -0.4 is 10.2 Å². The largest absolute Gasteiger partial charge is 0.347 e. The van der Waals surface area contributed by atoms with Crippen molar-refractivity contribution in [2.45, 2.75) is 26.3 Å². The van der Waals surface area contributed by atoms with Gasteiger partial charge in [-0.15, -0.1) is 0 Å². The van der Waals surface area contributed by atoms with Crippen molar-refractivity contribution >= 4 is 11.9 Å². The Morgan fingerprint density at radius 1 is 1.15 bits per heavy atom. The van der Waals surface area contributed by atoms with E-state index in [1.54, 1.807) is 12.4 Å². The molecule has 0 unspecified atom stereocenters. The first kappa shape index (κ1) is 18.3. The molecule has 2 aromatic heterocycles. The summed E-state index contributed by atoms with van der Waals surface area (Å²) >= 11 is 0. The van der Waals surface area contributed by atoms with Crippen LogP contribution in [0.4, 0.5) is 5.95 Å². The molecule has 3 heterocycles. The van der Waals surface area contributed by atoms with Crippen LogP contribution in [0.1, 0.15) is 30.8 Å². The summed E-state index contributed by atoms with van der Waals surface area (Å²) in [7, 11) is 0. The van der Waals surface area contributed by atoms with E-state index in [4.69, 9.17) is 0 Å². The number of aryl methyl sites for hydroxylation is 1. The van der Waals surface area contributed by atoms with E-state index in [9.17, 15) is 4.79 Å². The lowest BCUT2D eigenvalue weighted by Crippen LogP contribution is -2.50. The van der Waals surface area contributed by atoms with E-state index in [1.165, 1.54) is 0 Å². The Hall–Kier alpha value is -2.54. The number of anilines is 1. The van der Waals surface area contributed by atoms with Crippen LogP contribution in [0.25, 0.3) is 0 Å². The zero-order chi connectivity index (χ0) is 18.4. The zero-order valence-corrected chi connectivity index (χ0v) is 15.4. The van der Waals surface area contributed by atoms with Crippen LogP contribution in [-0.4, -0.2) is 58.5 Å². The Kier molecular flexibility index (Phi) is 6.12. The van der Waals surface area contributed by atoms with Crippen LogP contribution in [0.15, 0.2) is 36.7 Å². The first-order valence-electron chi connectivity index (χ1n) is 9.13. The summed E-state index contributed by atoms with van der Waals surface area (Å²) in [5.74, 6) is 0.803. The van der Waals surface area contributed by atoms with Crippen LogP contribution in [0, 0.1) is 6.92 Å². The molecule has 1 aliphatic heterocycles. The van der Waals surface area contributed by atoms with Crippen LogP contribution in [-0.2, 0) is 4.79 Å². The third-order valence-electron chi connectivity index (χ3n) is 4.58. The maximum absolute atomic E-state index is 12.5. The summed E-state index contributed by atoms with van der Waals surface area (Å²) in [6.45, 7) is 7.74. The highest BCUT2D eigenvalue weighted by molar-refractivity contribution is 5.78. The van der Waals surface area contributed by atoms with E-state index in [0.717, 1.165) is 49.9 Å². The minimum atomic E-state index is -0.0404. The number of hydrogen-bond donors (Lipinski definition) is 1. The molecule has 1 fully saturated rings. The van der Waals surface area contributed by atoms with Crippen LogP contribution >= 0.6 is 0 Å². The fraction of sp³-hybridized carbons (Fsp3) is 0.474. The first-order valence-corrected chi connectivity index (χ1v) is 9.13. The average Bonchev–Trinajstić information content (AvgIpc) is 2.67. The van der Waals surface area contributed by atoms with E-state index >= 15 is 0 Å². The monoisotopic (exact) mass is 354 g/mol. The molecule has 1 aliphatic rings. The predicted molar refractivity (Wildman–Crippen MR) is 101 cm³/mol. The van der Waals surface area contributed by atoms with Crippen molar-refractivity contribution in [3.8, 4) is 0 Å². The number of pyridine rings is 1. The van der Waals surface area contributed by atoms with E-state index in [2.05, 4.69) is 37.0 Å². The van der Waals surface area contributed by atoms with Crippen molar-refractivity contribution < 1.29 is 4.79 Å². The Balaban J connectivity index is 1.49. The molecule has 1 atom stereocenters. The Bertz CT molecular complexity index is 715. The molecule has 1 N–H and O–H groups in total. The molecule has 1 saturated heterocycles. The number of nitrogens with one attached hydrogen (secondary N) is 1. The van der Waals surface area contributed by atoms with Gasteiger partial charge in [-0.1, -0.05) is 13.0 Å². The van der Waals surface area contributed by atoms with Crippen molar-refractivity contribution in [3.63, 3.8) is 0 Å². The van der Waals surface area contributed by atoms with Gasteiger partial charge in [-0.25, -0.2) is 9.97 Å². The Labute approximate surface area is 154 Å². The molecule has 0 spiro atoms. The van der Waals surface area contributed by atoms with Crippen LogP contribution in [0.2, 0.25) is 0 Å². The molecule has 1 amide bonds. The van der Waals surface area contributed by atoms with E-state index in [-0.39, 0.29) is 11.9 Å². The minimum absolute atomic E-state index is 0.0404. The Morgan fingerprint density at radius 2 is 1.88 bits per heavy atom. The van der Waals surface area contributed by atoms with Crippen LogP contribution in [0.5, 0.6) is 0 Å². The molecule has 0 bridgehead atoms. The van der Waals surface area contributed by atoms with Gasteiger partial charge >= 0.3 is 0 Å². The van der Waals surface area contributed by atoms with Crippen molar-refractivity contribution in [2.24, 2.45) is 0 Å². The van der Waals surface area contributed by atoms with Crippen molar-refractivity contribution in [3.05, 3.63) is 48.0 Å². The maximum Gasteiger partial charge on any atom is 0.234 e. The summed E-state index contributed by atoms with van der Waals surface area (Å²) < 4.78 is 0. The number of rotatable bonds is 6. The van der Waals surface area contributed by atoms with Gasteiger partial charge in [-0.2, -0.15) is 0 Å². The second-order valence-corrected chi connectivity index (χ2v) is 6.54. The minimum Gasteiger partial charge on any atom is -0.347 e. The number of aromatic nitrogens is 3. The average molecular weight is 354 g/mol. The van der Waals surface area contributed by atoms with Gasteiger partial charge in [0.15, 0.2) is 0 Å². The molecule has 0 radical (unpaired) electrons. The summed E-state index contributed by atoms with van der Waals surface area (Å²) in [6.07, 6.45) is 4.33. The first-order chi connectivity index (χ1) is 12.7. The second-order valence-electron chi connectivity index (χ2n) is 6.54. The van der Waals surface area contributed by atoms with Gasteiger partial charge in [0.2, 0.25) is 11.9 Å². The fourth-order valence-corrected chi connectivity index (χ4v) is 3.15. The standard InChI is InChI=1S/C19H26N6O/c1-3-16(17-7-4-6-15(2)22-17)23-18(26)14-24-10-12-25(13-11-24)19-20-8-5-9-21-19/h4-9,16H,3,10-14H2,1-2H3,(H,23,26)/t16-/m0/s1. The van der Waals surface area contributed by atoms with Gasteiger partial charge < -0.3 is 10.2 Å². The lowest BCUT2D eigenvalue weighted by molar-refractivity contribution is -0.123. The normalized spacial score (nSPS) is 16.3. The van der Waals surface area contributed by atoms with E-state index in [0.29, 0.717) is 6.54 Å². The molecule has 26 heavy (non-hydrogen) atoms. The van der Waals surface area contributed by atoms with Crippen molar-refractivity contribution in [1.29, 1.82) is 0 Å². The summed E-state index contributed by atoms with van der Waals surface area (Å²) in [4.78, 5) is 29.9. The van der Waals surface area contributed by atoms with Gasteiger partial charge in [-0.3, -0.25) is 14.7 Å². The topological polar surface area (TPSA) is 74.2 Å². The molecule has 2 aromatic rings. The summed E-state index contributed by atoms with van der Waals surface area (Å²) in [5.41, 5.74) is 1.89. The highest BCUT2D eigenvalue weighted by atomic mass is 16.2. The summed E-state index contributed by atoms with van der Waals surface area (Å²) in [5, 5.41) is 3.12. The Morgan fingerprint density at radius 3 is 2.54 bits per heavy atom. The van der Waals surface area contributed by atoms with E-state index < -0.39 is 0 Å². The number of nitrogens with zero attached hydrogens (tertiary/aromatic N) is 5. The zero-order valence-electron chi connectivity index (χ0n) is 15.4. The highest BCUT2D eigenvalue weighted by Gasteiger charge is 2.22. The van der Waals surface area contributed by atoms with Gasteiger partial charge in [0, 0.05) is 44.3 Å². The van der Waals surface area contributed by atoms with Gasteiger partial charge in [0.05, 0.1) is 18.3 Å². The van der Waals surface area contributed by atoms with Gasteiger partial charge in [0.1, 0.15) is 0 Å². The number of amides is 1. The van der Waals surface area contributed by atoms with E-state index in [1.807, 2.05) is 31.2 Å². The molecule has 0 saturated carbocycles. The lowest BCUT2D eigenvalue weighted by Gasteiger charge is -2.34. The molecule has 0 aromatic carbocycles. The molecule has 138 valence electrons. The van der Waals surface area contributed by atoms with Gasteiger partial charge in [0.25, 0.3) is 0 Å². The van der Waals surface area contributed by atoms with Crippen LogP contribution in [0.3, 0.4) is 0 Å². The SMILES string of the molecule is CC[C@H](NC(=O)CN1CCN(c2ncccn2)CC1)c1cccc(C)n1. The number of carbonyl (C=O) groups excluding carboxylic acids is 1. The molecule has 7 heteroatoms. The third-order valence-corrected chi connectivity index (χ3v) is 4.58.